The summed E-state index contributed by atoms with van der Waals surface area (Å²) in [6.45, 7) is -0.498. The highest BCUT2D eigenvalue weighted by atomic mass is 31.2. The third-order valence-electron chi connectivity index (χ3n) is 10.1. The Labute approximate surface area is 285 Å². The number of rotatable bonds is 12. The van der Waals surface area contributed by atoms with Crippen molar-refractivity contribution < 1.29 is 40.8 Å². The number of methoxy groups -OCH3 is 1. The number of esters is 1. The minimum atomic E-state index is -4.87. The molecule has 4 aromatic rings. The molecule has 6 rings (SSSR count). The summed E-state index contributed by atoms with van der Waals surface area (Å²) in [6.07, 6.45) is -3.39. The summed E-state index contributed by atoms with van der Waals surface area (Å²) in [5.74, 6) is -0.919. The zero-order valence-electron chi connectivity index (χ0n) is 27.4. The average molecular weight is 693 g/mol. The first kappa shape index (κ1) is 35.1. The van der Waals surface area contributed by atoms with Gasteiger partial charge in [0.15, 0.2) is 5.60 Å². The lowest BCUT2D eigenvalue weighted by atomic mass is 9.52. The fourth-order valence-corrected chi connectivity index (χ4v) is 9.04. The van der Waals surface area contributed by atoms with Crippen molar-refractivity contribution in [1.29, 1.82) is 0 Å². The van der Waals surface area contributed by atoms with E-state index in [4.69, 9.17) is 18.3 Å². The van der Waals surface area contributed by atoms with Gasteiger partial charge in [-0.3, -0.25) is 13.6 Å². The van der Waals surface area contributed by atoms with Crippen LogP contribution in [-0.2, 0) is 54.3 Å². The highest BCUT2D eigenvalue weighted by Gasteiger charge is 2.65. The van der Waals surface area contributed by atoms with Crippen LogP contribution in [0.25, 0.3) is 0 Å². The van der Waals surface area contributed by atoms with Gasteiger partial charge in [0.05, 0.1) is 25.9 Å². The zero-order chi connectivity index (χ0) is 34.5. The van der Waals surface area contributed by atoms with Gasteiger partial charge in [-0.15, -0.1) is 0 Å². The van der Waals surface area contributed by atoms with Crippen molar-refractivity contribution in [1.82, 2.24) is 0 Å². The lowest BCUT2D eigenvalue weighted by Gasteiger charge is -2.54. The molecule has 2 aliphatic rings. The van der Waals surface area contributed by atoms with Crippen molar-refractivity contribution in [2.75, 3.05) is 7.11 Å². The van der Waals surface area contributed by atoms with E-state index in [1.165, 1.54) is 7.11 Å². The van der Waals surface area contributed by atoms with E-state index in [2.05, 4.69) is 0 Å². The normalized spacial score (nSPS) is 22.2. The minimum absolute atomic E-state index is 0.131. The molecule has 6 nitrogen and oxygen atoms in total. The Morgan fingerprint density at radius 1 is 0.816 bits per heavy atom. The second kappa shape index (κ2) is 14.6. The van der Waals surface area contributed by atoms with Crippen molar-refractivity contribution >= 4 is 13.8 Å². The molecule has 0 unspecified atom stereocenters. The number of carbonyl (C=O) groups excluding carboxylic acids is 1. The maximum atomic E-state index is 15.5. The molecule has 0 bridgehead atoms. The Morgan fingerprint density at radius 2 is 1.39 bits per heavy atom. The van der Waals surface area contributed by atoms with E-state index in [9.17, 15) is 9.36 Å². The number of alkyl halides is 3. The second-order valence-corrected chi connectivity index (χ2v) is 14.6. The summed E-state index contributed by atoms with van der Waals surface area (Å²) in [6, 6.07) is 32.8. The Kier molecular flexibility index (Phi) is 10.5. The van der Waals surface area contributed by atoms with E-state index in [0.717, 1.165) is 16.7 Å². The maximum absolute atomic E-state index is 15.5. The van der Waals surface area contributed by atoms with Gasteiger partial charge in [-0.25, -0.2) is 9.36 Å². The van der Waals surface area contributed by atoms with Crippen LogP contribution in [0.1, 0.15) is 70.3 Å². The van der Waals surface area contributed by atoms with Gasteiger partial charge < -0.3 is 4.74 Å². The van der Waals surface area contributed by atoms with Crippen LogP contribution in [0, 0.1) is 5.92 Å². The summed E-state index contributed by atoms with van der Waals surface area (Å²) in [7, 11) is -3.45. The van der Waals surface area contributed by atoms with E-state index < -0.39 is 49.7 Å². The Morgan fingerprint density at radius 3 is 1.94 bits per heavy atom. The lowest BCUT2D eigenvalue weighted by Crippen LogP contribution is -2.57. The summed E-state index contributed by atoms with van der Waals surface area (Å²) in [5.41, 5.74) is 1.24. The molecule has 258 valence electrons. The molecular formula is C39H40F3O6P. The van der Waals surface area contributed by atoms with Crippen LogP contribution in [0.5, 0.6) is 0 Å². The highest BCUT2D eigenvalue weighted by molar-refractivity contribution is 7.48. The summed E-state index contributed by atoms with van der Waals surface area (Å²) < 4.78 is 82.9. The predicted octanol–water partition coefficient (Wildman–Crippen LogP) is 9.95. The Bertz CT molecular complexity index is 1720. The molecule has 1 saturated carbocycles. The molecule has 0 aromatic heterocycles. The van der Waals surface area contributed by atoms with Crippen molar-refractivity contribution in [3.63, 3.8) is 0 Å². The molecule has 2 aliphatic carbocycles. The van der Waals surface area contributed by atoms with E-state index in [0.29, 0.717) is 42.4 Å². The van der Waals surface area contributed by atoms with Crippen LogP contribution < -0.4 is 0 Å². The van der Waals surface area contributed by atoms with Gasteiger partial charge in [0.2, 0.25) is 0 Å². The maximum Gasteiger partial charge on any atom is 0.476 e. The number of hydrogen-bond acceptors (Lipinski definition) is 6. The summed E-state index contributed by atoms with van der Waals surface area (Å²) in [5, 5.41) is 0. The number of ether oxygens (including phenoxy) is 1. The first-order chi connectivity index (χ1) is 23.5. The number of halogens is 3. The first-order valence-corrected chi connectivity index (χ1v) is 18.0. The molecule has 10 heteroatoms. The van der Waals surface area contributed by atoms with E-state index in [1.807, 2.05) is 42.5 Å². The fourth-order valence-electron chi connectivity index (χ4n) is 7.55. The molecule has 0 radical (unpaired) electrons. The number of phosphoric acid groups is 1. The van der Waals surface area contributed by atoms with Crippen LogP contribution in [0.2, 0.25) is 0 Å². The van der Waals surface area contributed by atoms with Crippen molar-refractivity contribution in [2.24, 2.45) is 5.92 Å². The smallest absolute Gasteiger partial charge is 0.465 e. The molecule has 49 heavy (non-hydrogen) atoms. The summed E-state index contributed by atoms with van der Waals surface area (Å²) in [4.78, 5) is 12.4. The molecule has 0 aliphatic heterocycles. The highest BCUT2D eigenvalue weighted by Crippen LogP contribution is 2.64. The van der Waals surface area contributed by atoms with Gasteiger partial charge in [-0.05, 0) is 96.2 Å². The lowest BCUT2D eigenvalue weighted by molar-refractivity contribution is -0.274. The SMILES string of the molecule is COC(=O)c1ccc2c(c1)CC[C@@H]1C[C@@](OP(=O)(OCc3ccccc3)OCc3ccccc3)(C(F)(F)F)CC[C@@]21CCc1ccccc1. The molecule has 0 amide bonds. The van der Waals surface area contributed by atoms with Gasteiger partial charge in [0, 0.05) is 0 Å². The van der Waals surface area contributed by atoms with E-state index in [1.54, 1.807) is 66.7 Å². The number of aryl methyl sites for hydroxylation is 2. The van der Waals surface area contributed by atoms with E-state index in [-0.39, 0.29) is 19.6 Å². The van der Waals surface area contributed by atoms with Crippen molar-refractivity contribution in [3.8, 4) is 0 Å². The quantitative estimate of drug-likeness (QED) is 0.109. The van der Waals surface area contributed by atoms with Crippen LogP contribution in [0.4, 0.5) is 13.2 Å². The van der Waals surface area contributed by atoms with Gasteiger partial charge in [0.25, 0.3) is 0 Å². The molecule has 4 aromatic carbocycles. The number of hydrogen-bond donors (Lipinski definition) is 0. The molecule has 0 N–H and O–H groups in total. The molecule has 1 fully saturated rings. The Hall–Kier alpha value is -3.75. The standard InChI is InChI=1S/C39H40F3O6P/c1-45-36(43)33-18-20-35-32(25-33)17-19-34-26-38(39(40,41)42,24-23-37(34,35)22-21-29-11-5-2-6-12-29)48-49(44,46-27-30-13-7-3-8-14-30)47-28-31-15-9-4-10-16-31/h2-16,18,20,25,34H,17,19,21-24,26-28H2,1H3/t34-,37-,38-/m1/s1. The van der Waals surface area contributed by atoms with Gasteiger partial charge in [-0.2, -0.15) is 13.2 Å². The topological polar surface area (TPSA) is 71.1 Å². The van der Waals surface area contributed by atoms with Crippen LogP contribution in [0.15, 0.2) is 109 Å². The summed E-state index contributed by atoms with van der Waals surface area (Å²) >= 11 is 0. The van der Waals surface area contributed by atoms with Crippen molar-refractivity contribution in [3.05, 3.63) is 143 Å². The number of benzene rings is 4. The Balaban J connectivity index is 1.34. The number of phosphoric ester groups is 1. The second-order valence-electron chi connectivity index (χ2n) is 13.0. The molecule has 0 saturated heterocycles. The zero-order valence-corrected chi connectivity index (χ0v) is 28.3. The minimum Gasteiger partial charge on any atom is -0.465 e. The van der Waals surface area contributed by atoms with E-state index >= 15 is 13.2 Å². The number of fused-ring (bicyclic) bond motifs is 3. The predicted molar refractivity (Wildman–Crippen MR) is 180 cm³/mol. The van der Waals surface area contributed by atoms with Gasteiger partial charge >= 0.3 is 20.0 Å². The average Bonchev–Trinajstić information content (AvgIpc) is 3.13. The molecule has 3 atom stereocenters. The van der Waals surface area contributed by atoms with Crippen LogP contribution in [-0.4, -0.2) is 24.9 Å². The monoisotopic (exact) mass is 692 g/mol. The van der Waals surface area contributed by atoms with Crippen molar-refractivity contribution in [2.45, 2.75) is 75.4 Å². The number of carbonyl (C=O) groups is 1. The third kappa shape index (κ3) is 7.71. The third-order valence-corrected chi connectivity index (χ3v) is 11.6. The van der Waals surface area contributed by atoms with Gasteiger partial charge in [0.1, 0.15) is 0 Å². The van der Waals surface area contributed by atoms with Crippen LogP contribution in [0.3, 0.4) is 0 Å². The largest absolute Gasteiger partial charge is 0.476 e. The fraction of sp³-hybridized carbons (Fsp3) is 0.359. The first-order valence-electron chi connectivity index (χ1n) is 16.5. The van der Waals surface area contributed by atoms with Crippen LogP contribution >= 0.6 is 7.82 Å². The van der Waals surface area contributed by atoms with Gasteiger partial charge in [-0.1, -0.05) is 97.1 Å². The molecule has 0 spiro atoms. The molecular weight excluding hydrogens is 652 g/mol. The molecule has 0 heterocycles.